The number of carbonyl (C=O) groups is 1. The van der Waals surface area contributed by atoms with Crippen LogP contribution in [0.5, 0.6) is 0 Å². The van der Waals surface area contributed by atoms with Crippen molar-refractivity contribution in [1.82, 2.24) is 5.32 Å². The maximum Gasteiger partial charge on any atom is 0.323 e. The van der Waals surface area contributed by atoms with Crippen LogP contribution in [0, 0.1) is 11.8 Å². The molecule has 2 aliphatic carbocycles. The van der Waals surface area contributed by atoms with Crippen molar-refractivity contribution in [1.29, 1.82) is 0 Å². The van der Waals surface area contributed by atoms with E-state index in [1.165, 1.54) is 13.5 Å². The topological polar surface area (TPSA) is 58.6 Å². The zero-order valence-corrected chi connectivity index (χ0v) is 11.4. The molecule has 2 saturated carbocycles. The van der Waals surface area contributed by atoms with Crippen molar-refractivity contribution in [3.63, 3.8) is 0 Å². The molecule has 0 bridgehead atoms. The number of hydrogen-bond donors (Lipinski definition) is 2. The van der Waals surface area contributed by atoms with Crippen LogP contribution in [0.2, 0.25) is 0 Å². The average molecular weight is 255 g/mol. The smallest absolute Gasteiger partial charge is 0.323 e. The van der Waals surface area contributed by atoms with E-state index in [4.69, 9.17) is 4.74 Å². The highest BCUT2D eigenvalue weighted by Gasteiger charge is 2.39. The summed E-state index contributed by atoms with van der Waals surface area (Å²) in [5, 5.41) is 13.8. The second kappa shape index (κ2) is 5.57. The van der Waals surface area contributed by atoms with Crippen LogP contribution in [0.25, 0.3) is 0 Å². The lowest BCUT2D eigenvalue weighted by atomic mass is 9.79. The lowest BCUT2D eigenvalue weighted by Crippen LogP contribution is -2.50. The van der Waals surface area contributed by atoms with Gasteiger partial charge >= 0.3 is 5.97 Å². The van der Waals surface area contributed by atoms with Crippen LogP contribution in [0.1, 0.15) is 45.4 Å². The Labute approximate surface area is 109 Å². The SMILES string of the molecule is COC(=O)C(NCC1(O)CCCC(C)C1)C1CC1. The van der Waals surface area contributed by atoms with Crippen molar-refractivity contribution in [2.45, 2.75) is 57.1 Å². The Kier molecular flexibility index (Phi) is 4.28. The van der Waals surface area contributed by atoms with Gasteiger partial charge in [-0.2, -0.15) is 0 Å². The second-order valence-electron chi connectivity index (χ2n) is 6.15. The summed E-state index contributed by atoms with van der Waals surface area (Å²) in [6.07, 6.45) is 6.11. The Bertz CT molecular complexity index is 303. The number of aliphatic hydroxyl groups is 1. The number of esters is 1. The van der Waals surface area contributed by atoms with Gasteiger partial charge in [0.25, 0.3) is 0 Å². The Balaban J connectivity index is 1.86. The molecule has 0 aromatic rings. The monoisotopic (exact) mass is 255 g/mol. The molecule has 0 heterocycles. The van der Waals surface area contributed by atoms with E-state index in [0.717, 1.165) is 32.1 Å². The first-order valence-corrected chi connectivity index (χ1v) is 7.08. The van der Waals surface area contributed by atoms with Gasteiger partial charge in [-0.05, 0) is 37.5 Å². The number of carbonyl (C=O) groups excluding carboxylic acids is 1. The fraction of sp³-hybridized carbons (Fsp3) is 0.929. The molecule has 0 radical (unpaired) electrons. The molecule has 0 aromatic heterocycles. The maximum absolute atomic E-state index is 11.7. The number of ether oxygens (including phenoxy) is 1. The summed E-state index contributed by atoms with van der Waals surface area (Å²) in [5.74, 6) is 0.787. The second-order valence-corrected chi connectivity index (χ2v) is 6.15. The van der Waals surface area contributed by atoms with Gasteiger partial charge in [0.15, 0.2) is 0 Å². The molecule has 3 unspecified atom stereocenters. The van der Waals surface area contributed by atoms with Crippen LogP contribution < -0.4 is 5.32 Å². The van der Waals surface area contributed by atoms with Crippen molar-refractivity contribution in [3.05, 3.63) is 0 Å². The molecule has 2 rings (SSSR count). The predicted octanol–water partition coefficient (Wildman–Crippen LogP) is 1.47. The van der Waals surface area contributed by atoms with E-state index in [9.17, 15) is 9.90 Å². The summed E-state index contributed by atoms with van der Waals surface area (Å²) in [5.41, 5.74) is -0.640. The molecule has 104 valence electrons. The number of rotatable bonds is 5. The summed E-state index contributed by atoms with van der Waals surface area (Å²) >= 11 is 0. The Hall–Kier alpha value is -0.610. The van der Waals surface area contributed by atoms with Gasteiger partial charge in [-0.3, -0.25) is 4.79 Å². The molecule has 4 nitrogen and oxygen atoms in total. The van der Waals surface area contributed by atoms with Gasteiger partial charge in [-0.15, -0.1) is 0 Å². The van der Waals surface area contributed by atoms with Gasteiger partial charge < -0.3 is 15.2 Å². The van der Waals surface area contributed by atoms with Crippen LogP contribution in [-0.2, 0) is 9.53 Å². The molecular weight excluding hydrogens is 230 g/mol. The van der Waals surface area contributed by atoms with E-state index in [1.54, 1.807) is 0 Å². The molecule has 0 amide bonds. The third kappa shape index (κ3) is 3.45. The molecule has 0 aromatic carbocycles. The summed E-state index contributed by atoms with van der Waals surface area (Å²) in [6, 6.07) is -0.226. The Morgan fingerprint density at radius 3 is 2.78 bits per heavy atom. The van der Waals surface area contributed by atoms with Crippen LogP contribution in [0.4, 0.5) is 0 Å². The van der Waals surface area contributed by atoms with E-state index in [-0.39, 0.29) is 12.0 Å². The molecule has 18 heavy (non-hydrogen) atoms. The number of methoxy groups -OCH3 is 1. The van der Waals surface area contributed by atoms with E-state index in [1.807, 2.05) is 0 Å². The van der Waals surface area contributed by atoms with Crippen LogP contribution in [-0.4, -0.2) is 36.4 Å². The van der Waals surface area contributed by atoms with Crippen molar-refractivity contribution >= 4 is 5.97 Å². The number of hydrogen-bond acceptors (Lipinski definition) is 4. The highest BCUT2D eigenvalue weighted by Crippen LogP contribution is 2.35. The zero-order valence-electron chi connectivity index (χ0n) is 11.4. The Morgan fingerprint density at radius 1 is 1.50 bits per heavy atom. The molecule has 2 aliphatic rings. The van der Waals surface area contributed by atoms with Gasteiger partial charge in [0, 0.05) is 6.54 Å². The van der Waals surface area contributed by atoms with Crippen LogP contribution >= 0.6 is 0 Å². The first-order valence-electron chi connectivity index (χ1n) is 7.08. The molecule has 2 N–H and O–H groups in total. The summed E-state index contributed by atoms with van der Waals surface area (Å²) in [6.45, 7) is 2.69. The van der Waals surface area contributed by atoms with E-state index in [0.29, 0.717) is 18.4 Å². The first-order chi connectivity index (χ1) is 8.54. The molecule has 3 atom stereocenters. The average Bonchev–Trinajstić information content (AvgIpc) is 3.13. The largest absolute Gasteiger partial charge is 0.468 e. The zero-order chi connectivity index (χ0) is 13.2. The molecule has 4 heteroatoms. The number of nitrogens with one attached hydrogen (secondary N) is 1. The van der Waals surface area contributed by atoms with Gasteiger partial charge in [-0.1, -0.05) is 19.8 Å². The maximum atomic E-state index is 11.7. The minimum atomic E-state index is -0.640. The van der Waals surface area contributed by atoms with Crippen LogP contribution in [0.15, 0.2) is 0 Å². The van der Waals surface area contributed by atoms with Crippen molar-refractivity contribution in [2.75, 3.05) is 13.7 Å². The highest BCUT2D eigenvalue weighted by atomic mass is 16.5. The van der Waals surface area contributed by atoms with E-state index in [2.05, 4.69) is 12.2 Å². The molecule has 0 spiro atoms. The normalized spacial score (nSPS) is 34.1. The highest BCUT2D eigenvalue weighted by molar-refractivity contribution is 5.76. The minimum absolute atomic E-state index is 0.190. The standard InChI is InChI=1S/C14H25NO3/c1-10-4-3-7-14(17,8-10)9-15-12(11-5-6-11)13(16)18-2/h10-12,15,17H,3-9H2,1-2H3. The van der Waals surface area contributed by atoms with E-state index < -0.39 is 5.60 Å². The lowest BCUT2D eigenvalue weighted by Gasteiger charge is -2.36. The quantitative estimate of drug-likeness (QED) is 0.730. The molecule has 2 fully saturated rings. The first kappa shape index (κ1) is 13.8. The van der Waals surface area contributed by atoms with Gasteiger partial charge in [0.2, 0.25) is 0 Å². The van der Waals surface area contributed by atoms with Gasteiger partial charge in [0.05, 0.1) is 12.7 Å². The third-order valence-corrected chi connectivity index (χ3v) is 4.27. The summed E-state index contributed by atoms with van der Waals surface area (Å²) in [7, 11) is 1.43. The predicted molar refractivity (Wildman–Crippen MR) is 69.1 cm³/mol. The molecular formula is C14H25NO3. The van der Waals surface area contributed by atoms with Gasteiger partial charge in [0.1, 0.15) is 6.04 Å². The molecule has 0 aliphatic heterocycles. The lowest BCUT2D eigenvalue weighted by molar-refractivity contribution is -0.144. The third-order valence-electron chi connectivity index (χ3n) is 4.27. The Morgan fingerprint density at radius 2 is 2.22 bits per heavy atom. The fourth-order valence-corrected chi connectivity index (χ4v) is 3.09. The van der Waals surface area contributed by atoms with Crippen molar-refractivity contribution in [2.24, 2.45) is 11.8 Å². The van der Waals surface area contributed by atoms with Crippen molar-refractivity contribution in [3.8, 4) is 0 Å². The summed E-state index contributed by atoms with van der Waals surface area (Å²) < 4.78 is 4.82. The van der Waals surface area contributed by atoms with Crippen LogP contribution in [0.3, 0.4) is 0 Å². The molecule has 0 saturated heterocycles. The van der Waals surface area contributed by atoms with E-state index >= 15 is 0 Å². The van der Waals surface area contributed by atoms with Gasteiger partial charge in [-0.25, -0.2) is 0 Å². The van der Waals surface area contributed by atoms with Crippen molar-refractivity contribution < 1.29 is 14.6 Å². The minimum Gasteiger partial charge on any atom is -0.468 e. The fourth-order valence-electron chi connectivity index (χ4n) is 3.09. The summed E-state index contributed by atoms with van der Waals surface area (Å²) in [4.78, 5) is 11.7.